The summed E-state index contributed by atoms with van der Waals surface area (Å²) in [5.41, 5.74) is 0. The molecule has 0 aliphatic rings. The quantitative estimate of drug-likeness (QED) is 0.0966. The fourth-order valence-electron chi connectivity index (χ4n) is 3.07. The van der Waals surface area contributed by atoms with Crippen molar-refractivity contribution in [2.24, 2.45) is 0 Å². The summed E-state index contributed by atoms with van der Waals surface area (Å²) in [5, 5.41) is 2.15. The Labute approximate surface area is 177 Å². The Kier molecular flexibility index (Phi) is 4.87. The highest BCUT2D eigenvalue weighted by Crippen LogP contribution is 2.49. The highest BCUT2D eigenvalue weighted by atomic mass is 127. The van der Waals surface area contributed by atoms with E-state index in [0.717, 1.165) is 20.2 Å². The topological polar surface area (TPSA) is 26.3 Å². The minimum absolute atomic E-state index is 0.515. The van der Waals surface area contributed by atoms with E-state index in [1.807, 2.05) is 71.1 Å². The largest absolute Gasteiger partial charge is 0.419 e. The summed E-state index contributed by atoms with van der Waals surface area (Å²) in [5.74, 6) is -3.10. The molecule has 0 bridgehead atoms. The van der Waals surface area contributed by atoms with Crippen molar-refractivity contribution in [2.75, 3.05) is 0 Å². The zero-order chi connectivity index (χ0) is 20.1. The van der Waals surface area contributed by atoms with Gasteiger partial charge in [0, 0.05) is 33.4 Å². The van der Waals surface area contributed by atoms with Crippen LogP contribution in [0.5, 0.6) is 5.75 Å². The maximum atomic E-state index is 14.7. The van der Waals surface area contributed by atoms with Crippen LogP contribution in [0.2, 0.25) is 0 Å². The van der Waals surface area contributed by atoms with E-state index in [2.05, 4.69) is 0 Å². The first-order valence-corrected chi connectivity index (χ1v) is 10.9. The third-order valence-electron chi connectivity index (χ3n) is 4.39. The summed E-state index contributed by atoms with van der Waals surface area (Å²) in [6, 6.07) is 18.3. The van der Waals surface area contributed by atoms with Crippen LogP contribution in [-0.4, -0.2) is 9.39 Å². The van der Waals surface area contributed by atoms with Gasteiger partial charge >= 0.3 is 5.97 Å². The molecular formula is C22H16F2IO2S+. The van der Waals surface area contributed by atoms with Crippen LogP contribution < -0.4 is 4.74 Å². The van der Waals surface area contributed by atoms with Crippen molar-refractivity contribution < 1.29 is 18.3 Å². The molecule has 0 N–H and O–H groups in total. The van der Waals surface area contributed by atoms with E-state index < -0.39 is 37.2 Å². The molecule has 1 heterocycles. The average molecular weight is 509 g/mol. The molecule has 28 heavy (non-hydrogen) atoms. The lowest BCUT2D eigenvalue weighted by Gasteiger charge is -2.15. The molecule has 0 aliphatic heterocycles. The SMILES string of the molecule is CC(C)(I)C(=O)Oc1c(F)cc(-[s+]2c3ccccc3c3ccccc32)cc1F. The molecule has 6 heteroatoms. The van der Waals surface area contributed by atoms with E-state index in [0.29, 0.717) is 4.90 Å². The highest BCUT2D eigenvalue weighted by molar-refractivity contribution is 14.1. The first-order valence-electron chi connectivity index (χ1n) is 8.60. The van der Waals surface area contributed by atoms with Crippen LogP contribution in [0.1, 0.15) is 13.8 Å². The molecule has 2 nitrogen and oxygen atoms in total. The zero-order valence-electron chi connectivity index (χ0n) is 15.1. The van der Waals surface area contributed by atoms with Gasteiger partial charge < -0.3 is 4.74 Å². The van der Waals surface area contributed by atoms with Gasteiger partial charge in [0.05, 0.1) is 0 Å². The summed E-state index contributed by atoms with van der Waals surface area (Å²) in [6.07, 6.45) is 0. The fourth-order valence-corrected chi connectivity index (χ4v) is 5.60. The van der Waals surface area contributed by atoms with E-state index in [-0.39, 0.29) is 0 Å². The number of thiophene rings is 1. The molecule has 0 aliphatic carbocycles. The second-order valence-electron chi connectivity index (χ2n) is 6.88. The Bertz CT molecular complexity index is 1150. The van der Waals surface area contributed by atoms with Gasteiger partial charge in [0.25, 0.3) is 0 Å². The van der Waals surface area contributed by atoms with Crippen LogP contribution in [0.25, 0.3) is 25.1 Å². The Morgan fingerprint density at radius 1 is 0.929 bits per heavy atom. The smallest absolute Gasteiger partial charge is 0.327 e. The van der Waals surface area contributed by atoms with Gasteiger partial charge in [-0.2, -0.15) is 0 Å². The van der Waals surface area contributed by atoms with E-state index in [9.17, 15) is 13.6 Å². The molecule has 0 atom stereocenters. The van der Waals surface area contributed by atoms with Crippen LogP contribution in [0, 0.1) is 11.6 Å². The number of ether oxygens (including phenoxy) is 1. The van der Waals surface area contributed by atoms with Crippen molar-refractivity contribution in [1.82, 2.24) is 0 Å². The third-order valence-corrected chi connectivity index (χ3v) is 7.13. The standard InChI is InChI=1S/C22H16F2IO2S/c1-22(2,25)21(26)27-20-16(23)11-13(12-17(20)24)28-18-9-5-3-7-14(18)15-8-4-6-10-19(15)28/h3-12H,1-2H3/q+1. The summed E-state index contributed by atoms with van der Waals surface area (Å²) >= 11 is 1.87. The molecule has 1 aromatic heterocycles. The Morgan fingerprint density at radius 2 is 1.39 bits per heavy atom. The number of hydrogen-bond donors (Lipinski definition) is 0. The van der Waals surface area contributed by atoms with Crippen LogP contribution in [0.15, 0.2) is 60.7 Å². The van der Waals surface area contributed by atoms with Crippen LogP contribution in [-0.2, 0) is 4.79 Å². The fraction of sp³-hybridized carbons (Fsp3) is 0.136. The number of hydrogen-bond acceptors (Lipinski definition) is 2. The van der Waals surface area contributed by atoms with Crippen molar-refractivity contribution in [1.29, 1.82) is 0 Å². The van der Waals surface area contributed by atoms with Crippen molar-refractivity contribution in [3.63, 3.8) is 0 Å². The highest BCUT2D eigenvalue weighted by Gasteiger charge is 2.30. The van der Waals surface area contributed by atoms with Crippen LogP contribution >= 0.6 is 33.1 Å². The number of alkyl halides is 1. The monoisotopic (exact) mass is 509 g/mol. The molecule has 0 unspecified atom stereocenters. The molecule has 0 spiro atoms. The van der Waals surface area contributed by atoms with Crippen molar-refractivity contribution in [2.45, 2.75) is 17.3 Å². The molecule has 0 saturated carbocycles. The van der Waals surface area contributed by atoms with E-state index >= 15 is 0 Å². The molecule has 4 aromatic rings. The van der Waals surface area contributed by atoms with Crippen molar-refractivity contribution >= 4 is 59.2 Å². The van der Waals surface area contributed by atoms with Crippen LogP contribution in [0.4, 0.5) is 8.78 Å². The van der Waals surface area contributed by atoms with Gasteiger partial charge in [-0.15, -0.1) is 0 Å². The average Bonchev–Trinajstić information content (AvgIpc) is 2.98. The van der Waals surface area contributed by atoms with Gasteiger partial charge in [-0.05, 0) is 38.1 Å². The number of esters is 1. The summed E-state index contributed by atoms with van der Waals surface area (Å²) in [7, 11) is -0.621. The second kappa shape index (κ2) is 7.08. The summed E-state index contributed by atoms with van der Waals surface area (Å²) in [4.78, 5) is 12.6. The molecule has 3 aromatic carbocycles. The number of carbonyl (C=O) groups is 1. The van der Waals surface area contributed by atoms with Gasteiger partial charge in [0.2, 0.25) is 5.75 Å². The second-order valence-corrected chi connectivity index (χ2v) is 11.5. The predicted octanol–water partition coefficient (Wildman–Crippen LogP) is 7.13. The predicted molar refractivity (Wildman–Crippen MR) is 119 cm³/mol. The Hall–Kier alpha value is -2.06. The van der Waals surface area contributed by atoms with E-state index in [4.69, 9.17) is 4.74 Å². The van der Waals surface area contributed by atoms with Gasteiger partial charge in [0.15, 0.2) is 25.9 Å². The Morgan fingerprint density at radius 3 is 1.86 bits per heavy atom. The molecule has 0 amide bonds. The van der Waals surface area contributed by atoms with E-state index in [1.54, 1.807) is 13.8 Å². The molecule has 0 fully saturated rings. The summed E-state index contributed by atoms with van der Waals surface area (Å²) < 4.78 is 35.7. The van der Waals surface area contributed by atoms with Gasteiger partial charge in [-0.25, -0.2) is 8.78 Å². The summed E-state index contributed by atoms with van der Waals surface area (Å²) in [6.45, 7) is 3.24. The lowest BCUT2D eigenvalue weighted by Crippen LogP contribution is -2.29. The zero-order valence-corrected chi connectivity index (χ0v) is 18.1. The lowest BCUT2D eigenvalue weighted by atomic mass is 10.2. The third kappa shape index (κ3) is 3.28. The van der Waals surface area contributed by atoms with Crippen molar-refractivity contribution in [3.8, 4) is 10.6 Å². The maximum Gasteiger partial charge on any atom is 0.327 e. The van der Waals surface area contributed by atoms with Crippen LogP contribution in [0.3, 0.4) is 0 Å². The van der Waals surface area contributed by atoms with Crippen molar-refractivity contribution in [3.05, 3.63) is 72.3 Å². The number of halogens is 3. The van der Waals surface area contributed by atoms with Gasteiger partial charge in [-0.3, -0.25) is 4.79 Å². The minimum Gasteiger partial charge on any atom is -0.419 e. The molecule has 4 rings (SSSR count). The Balaban J connectivity index is 1.90. The maximum absolute atomic E-state index is 14.7. The molecule has 142 valence electrons. The molecule has 0 radical (unpaired) electrons. The normalized spacial score (nSPS) is 11.9. The minimum atomic E-state index is -0.888. The van der Waals surface area contributed by atoms with Gasteiger partial charge in [0.1, 0.15) is 3.42 Å². The number of fused-ring (bicyclic) bond motifs is 3. The van der Waals surface area contributed by atoms with Gasteiger partial charge in [-0.1, -0.05) is 46.9 Å². The molecular weight excluding hydrogens is 493 g/mol. The number of rotatable bonds is 3. The molecule has 0 saturated heterocycles. The number of benzene rings is 3. The number of carbonyl (C=O) groups excluding carboxylic acids is 1. The lowest BCUT2D eigenvalue weighted by molar-refractivity contribution is -0.136. The van der Waals surface area contributed by atoms with E-state index in [1.165, 1.54) is 12.1 Å². The first kappa shape index (κ1) is 19.3. The first-order chi connectivity index (χ1) is 13.3.